The van der Waals surface area contributed by atoms with Crippen LogP contribution in [0.2, 0.25) is 0 Å². The van der Waals surface area contributed by atoms with Crippen molar-refractivity contribution in [1.82, 2.24) is 14.5 Å². The minimum Gasteiger partial charge on any atom is -0.506 e. The van der Waals surface area contributed by atoms with E-state index in [-0.39, 0.29) is 5.75 Å². The molecule has 0 radical (unpaired) electrons. The minimum atomic E-state index is 0.117. The number of aromatic nitrogens is 3. The van der Waals surface area contributed by atoms with Gasteiger partial charge in [-0.3, -0.25) is 4.57 Å². The molecule has 4 aromatic carbocycles. The number of fused-ring (bicyclic) bond motifs is 4. The molecule has 0 aliphatic rings. The number of rotatable bonds is 4. The van der Waals surface area contributed by atoms with Crippen LogP contribution >= 0.6 is 0 Å². The van der Waals surface area contributed by atoms with E-state index < -0.39 is 0 Å². The van der Waals surface area contributed by atoms with E-state index in [0.717, 1.165) is 44.1 Å². The first-order valence-corrected chi connectivity index (χ1v) is 12.1. The van der Waals surface area contributed by atoms with E-state index in [1.54, 1.807) is 12.3 Å². The van der Waals surface area contributed by atoms with Crippen LogP contribution in [0.5, 0.6) is 17.4 Å². The Bertz CT molecular complexity index is 1910. The molecule has 0 saturated heterocycles. The van der Waals surface area contributed by atoms with Gasteiger partial charge in [0.15, 0.2) is 0 Å². The number of aromatic hydroxyl groups is 1. The molecule has 0 aliphatic heterocycles. The first kappa shape index (κ1) is 21.1. The van der Waals surface area contributed by atoms with Crippen LogP contribution in [0.25, 0.3) is 49.7 Å². The lowest BCUT2D eigenvalue weighted by Crippen LogP contribution is -1.96. The molecule has 3 aromatic heterocycles. The van der Waals surface area contributed by atoms with Gasteiger partial charge in [-0.05, 0) is 59.7 Å². The molecule has 0 amide bonds. The van der Waals surface area contributed by atoms with Crippen LogP contribution in [0.4, 0.5) is 0 Å². The van der Waals surface area contributed by atoms with Crippen molar-refractivity contribution < 1.29 is 9.84 Å². The lowest BCUT2D eigenvalue weighted by atomic mass is 10.0. The standard InChI is InChI=1S/C32H21N3O2/c36-29-17-15-23(21-8-2-1-3-9-21)26-16-18-31(34-32(26)29)37-22-13-14-25-24-10-4-5-11-27(24)35(28(25)20-22)30-12-6-7-19-33-30/h1-20,36H. The summed E-state index contributed by atoms with van der Waals surface area (Å²) in [6.07, 6.45) is 1.80. The topological polar surface area (TPSA) is 60.2 Å². The summed E-state index contributed by atoms with van der Waals surface area (Å²) in [5.41, 5.74) is 4.65. The average molecular weight is 480 g/mol. The SMILES string of the molecule is Oc1ccc(-c2ccccc2)c2ccc(Oc3ccc4c5ccccc5n(-c5ccccn5)c4c3)nc12. The Hall–Kier alpha value is -5.16. The lowest BCUT2D eigenvalue weighted by molar-refractivity contribution is 0.460. The molecule has 5 nitrogen and oxygen atoms in total. The number of hydrogen-bond donors (Lipinski definition) is 1. The maximum absolute atomic E-state index is 10.6. The molecule has 7 aromatic rings. The van der Waals surface area contributed by atoms with Gasteiger partial charge in [0.05, 0.1) is 11.0 Å². The largest absolute Gasteiger partial charge is 0.506 e. The Morgan fingerprint density at radius 3 is 2.30 bits per heavy atom. The van der Waals surface area contributed by atoms with Gasteiger partial charge in [0.25, 0.3) is 0 Å². The van der Waals surface area contributed by atoms with Crippen molar-refractivity contribution in [2.45, 2.75) is 0 Å². The van der Waals surface area contributed by atoms with Crippen LogP contribution in [0.1, 0.15) is 0 Å². The van der Waals surface area contributed by atoms with E-state index in [2.05, 4.69) is 32.7 Å². The van der Waals surface area contributed by atoms with Crippen molar-refractivity contribution in [2.24, 2.45) is 0 Å². The fraction of sp³-hybridized carbons (Fsp3) is 0. The molecule has 0 aliphatic carbocycles. The van der Waals surface area contributed by atoms with E-state index in [1.165, 1.54) is 0 Å². The third kappa shape index (κ3) is 3.56. The van der Waals surface area contributed by atoms with Gasteiger partial charge in [-0.2, -0.15) is 0 Å². The molecule has 5 heteroatoms. The number of ether oxygens (including phenoxy) is 1. The third-order valence-corrected chi connectivity index (χ3v) is 6.64. The molecule has 0 fully saturated rings. The predicted molar refractivity (Wildman–Crippen MR) is 147 cm³/mol. The summed E-state index contributed by atoms with van der Waals surface area (Å²) >= 11 is 0. The van der Waals surface area contributed by atoms with Gasteiger partial charge in [0.2, 0.25) is 5.88 Å². The summed E-state index contributed by atoms with van der Waals surface area (Å²) < 4.78 is 8.37. The number of phenols is 1. The Morgan fingerprint density at radius 1 is 0.649 bits per heavy atom. The van der Waals surface area contributed by atoms with Crippen molar-refractivity contribution in [3.05, 3.63) is 121 Å². The highest BCUT2D eigenvalue weighted by molar-refractivity contribution is 6.09. The van der Waals surface area contributed by atoms with E-state index in [4.69, 9.17) is 4.74 Å². The number of para-hydroxylation sites is 1. The van der Waals surface area contributed by atoms with Crippen LogP contribution in [0.15, 0.2) is 121 Å². The number of benzene rings is 4. The molecule has 7 rings (SSSR count). The Morgan fingerprint density at radius 2 is 1.43 bits per heavy atom. The molecule has 0 saturated carbocycles. The molecule has 3 heterocycles. The zero-order valence-electron chi connectivity index (χ0n) is 19.7. The van der Waals surface area contributed by atoms with Gasteiger partial charge in [0, 0.05) is 34.5 Å². The van der Waals surface area contributed by atoms with Crippen LogP contribution < -0.4 is 4.74 Å². The molecular formula is C32H21N3O2. The maximum Gasteiger partial charge on any atom is 0.219 e. The quantitative estimate of drug-likeness (QED) is 0.279. The number of pyridine rings is 2. The normalized spacial score (nSPS) is 11.4. The highest BCUT2D eigenvalue weighted by atomic mass is 16.5. The van der Waals surface area contributed by atoms with Crippen molar-refractivity contribution in [3.8, 4) is 34.3 Å². The monoisotopic (exact) mass is 479 g/mol. The van der Waals surface area contributed by atoms with Crippen LogP contribution in [-0.4, -0.2) is 19.6 Å². The van der Waals surface area contributed by atoms with Crippen molar-refractivity contribution in [1.29, 1.82) is 0 Å². The van der Waals surface area contributed by atoms with Crippen molar-refractivity contribution >= 4 is 32.7 Å². The van der Waals surface area contributed by atoms with Gasteiger partial charge in [-0.1, -0.05) is 54.6 Å². The van der Waals surface area contributed by atoms with Crippen LogP contribution in [0.3, 0.4) is 0 Å². The number of nitrogens with zero attached hydrogens (tertiary/aromatic N) is 3. The zero-order chi connectivity index (χ0) is 24.8. The average Bonchev–Trinajstić information content (AvgIpc) is 3.28. The molecule has 176 valence electrons. The predicted octanol–water partition coefficient (Wildman–Crippen LogP) is 7.89. The Labute approximate surface area is 212 Å². The van der Waals surface area contributed by atoms with Crippen molar-refractivity contribution in [2.75, 3.05) is 0 Å². The number of hydrogen-bond acceptors (Lipinski definition) is 4. The fourth-order valence-corrected chi connectivity index (χ4v) is 4.98. The second-order valence-electron chi connectivity index (χ2n) is 8.87. The smallest absolute Gasteiger partial charge is 0.219 e. The van der Waals surface area contributed by atoms with Gasteiger partial charge < -0.3 is 9.84 Å². The van der Waals surface area contributed by atoms with E-state index in [0.29, 0.717) is 17.1 Å². The molecule has 1 N–H and O–H groups in total. The molecule has 0 spiro atoms. The third-order valence-electron chi connectivity index (χ3n) is 6.64. The van der Waals surface area contributed by atoms with E-state index in [9.17, 15) is 5.11 Å². The lowest BCUT2D eigenvalue weighted by Gasteiger charge is -2.11. The first-order chi connectivity index (χ1) is 18.3. The van der Waals surface area contributed by atoms with Gasteiger partial charge in [-0.15, -0.1) is 0 Å². The molecule has 0 bridgehead atoms. The van der Waals surface area contributed by atoms with Gasteiger partial charge in [-0.25, -0.2) is 9.97 Å². The molecule has 0 atom stereocenters. The summed E-state index contributed by atoms with van der Waals surface area (Å²) in [6, 6.07) is 37.7. The first-order valence-electron chi connectivity index (χ1n) is 12.1. The van der Waals surface area contributed by atoms with E-state index >= 15 is 0 Å². The second kappa shape index (κ2) is 8.50. The maximum atomic E-state index is 10.6. The molecule has 37 heavy (non-hydrogen) atoms. The molecular weight excluding hydrogens is 458 g/mol. The summed E-state index contributed by atoms with van der Waals surface area (Å²) in [5, 5.41) is 13.7. The van der Waals surface area contributed by atoms with Crippen LogP contribution in [0, 0.1) is 0 Å². The summed E-state index contributed by atoms with van der Waals surface area (Å²) in [4.78, 5) is 9.26. The van der Waals surface area contributed by atoms with E-state index in [1.807, 2.05) is 91.0 Å². The summed E-state index contributed by atoms with van der Waals surface area (Å²) in [5.74, 6) is 2.02. The fourth-order valence-electron chi connectivity index (χ4n) is 4.98. The number of phenolic OH excluding ortho intramolecular Hbond substituents is 1. The minimum absolute atomic E-state index is 0.117. The Balaban J connectivity index is 1.34. The molecule has 0 unspecified atom stereocenters. The highest BCUT2D eigenvalue weighted by Crippen LogP contribution is 2.37. The van der Waals surface area contributed by atoms with Gasteiger partial charge >= 0.3 is 0 Å². The zero-order valence-corrected chi connectivity index (χ0v) is 19.7. The second-order valence-corrected chi connectivity index (χ2v) is 8.87. The summed E-state index contributed by atoms with van der Waals surface area (Å²) in [7, 11) is 0. The van der Waals surface area contributed by atoms with Gasteiger partial charge in [0.1, 0.15) is 22.8 Å². The van der Waals surface area contributed by atoms with Crippen LogP contribution in [-0.2, 0) is 0 Å². The highest BCUT2D eigenvalue weighted by Gasteiger charge is 2.15. The van der Waals surface area contributed by atoms with Crippen molar-refractivity contribution in [3.63, 3.8) is 0 Å². The summed E-state index contributed by atoms with van der Waals surface area (Å²) in [6.45, 7) is 0. The Kier molecular flexibility index (Phi) is 4.86.